The molecule has 0 unspecified atom stereocenters. The molecule has 3 aliphatic heterocycles. The van der Waals surface area contributed by atoms with Gasteiger partial charge in [-0.2, -0.15) is 0 Å². The van der Waals surface area contributed by atoms with E-state index in [0.717, 1.165) is 37.7 Å². The molecule has 4 heterocycles. The third-order valence-corrected chi connectivity index (χ3v) is 6.06. The smallest absolute Gasteiger partial charge is 0.186 e. The summed E-state index contributed by atoms with van der Waals surface area (Å²) in [5.74, 6) is 0.766. The summed E-state index contributed by atoms with van der Waals surface area (Å²) < 4.78 is 6.58. The fourth-order valence-corrected chi connectivity index (χ4v) is 4.80. The number of rotatable bonds is 4. The van der Waals surface area contributed by atoms with E-state index in [1.165, 1.54) is 29.2 Å². The van der Waals surface area contributed by atoms with Crippen LogP contribution in [0.25, 0.3) is 10.2 Å². The molecule has 1 aromatic heterocycles. The number of anilines is 1. The van der Waals surface area contributed by atoms with E-state index in [9.17, 15) is 0 Å². The van der Waals surface area contributed by atoms with Gasteiger partial charge in [0.25, 0.3) is 0 Å². The van der Waals surface area contributed by atoms with Gasteiger partial charge in [-0.05, 0) is 30.9 Å². The van der Waals surface area contributed by atoms with E-state index in [1.807, 2.05) is 11.3 Å². The maximum atomic E-state index is 5.28. The molecule has 0 spiro atoms. The zero-order valence-corrected chi connectivity index (χ0v) is 13.9. The molecule has 0 amide bonds. The SMILES string of the molecule is COCCN1C[C@H]2CC[C@@H]1CN(c1nc3ccccc3s1)C2. The Morgan fingerprint density at radius 3 is 3.00 bits per heavy atom. The van der Waals surface area contributed by atoms with E-state index >= 15 is 0 Å². The predicted molar refractivity (Wildman–Crippen MR) is 91.8 cm³/mol. The monoisotopic (exact) mass is 317 g/mol. The number of methoxy groups -OCH3 is 1. The van der Waals surface area contributed by atoms with Crippen LogP contribution in [0.15, 0.2) is 24.3 Å². The molecular weight excluding hydrogens is 294 g/mol. The van der Waals surface area contributed by atoms with Crippen LogP contribution in [0.4, 0.5) is 5.13 Å². The molecule has 4 nitrogen and oxygen atoms in total. The highest BCUT2D eigenvalue weighted by Crippen LogP contribution is 2.34. The van der Waals surface area contributed by atoms with Crippen molar-refractivity contribution in [1.82, 2.24) is 9.88 Å². The fourth-order valence-electron chi connectivity index (χ4n) is 3.81. The molecule has 0 N–H and O–H groups in total. The van der Waals surface area contributed by atoms with Gasteiger partial charge in [0.05, 0.1) is 16.8 Å². The molecule has 0 aliphatic carbocycles. The Labute approximate surface area is 135 Å². The van der Waals surface area contributed by atoms with Gasteiger partial charge in [0, 0.05) is 39.3 Å². The van der Waals surface area contributed by atoms with Gasteiger partial charge < -0.3 is 9.64 Å². The lowest BCUT2D eigenvalue weighted by Crippen LogP contribution is -2.45. The van der Waals surface area contributed by atoms with E-state index in [1.54, 1.807) is 7.11 Å². The molecule has 3 fully saturated rings. The van der Waals surface area contributed by atoms with Gasteiger partial charge in [-0.25, -0.2) is 4.98 Å². The summed E-state index contributed by atoms with van der Waals surface area (Å²) in [7, 11) is 1.80. The van der Waals surface area contributed by atoms with Crippen molar-refractivity contribution in [2.24, 2.45) is 5.92 Å². The number of aromatic nitrogens is 1. The van der Waals surface area contributed by atoms with Crippen molar-refractivity contribution in [2.45, 2.75) is 18.9 Å². The van der Waals surface area contributed by atoms with Crippen molar-refractivity contribution in [3.8, 4) is 0 Å². The van der Waals surface area contributed by atoms with E-state index in [0.29, 0.717) is 6.04 Å². The number of hydrogen-bond donors (Lipinski definition) is 0. The van der Waals surface area contributed by atoms with Crippen LogP contribution in [0.1, 0.15) is 12.8 Å². The maximum Gasteiger partial charge on any atom is 0.186 e. The third-order valence-electron chi connectivity index (χ3n) is 4.96. The number of thiazole rings is 1. The highest BCUT2D eigenvalue weighted by Gasteiger charge is 2.35. The molecule has 5 rings (SSSR count). The number of ether oxygens (including phenoxy) is 1. The van der Waals surface area contributed by atoms with Gasteiger partial charge in [0.2, 0.25) is 0 Å². The first kappa shape index (κ1) is 14.4. The molecule has 5 heteroatoms. The van der Waals surface area contributed by atoms with Gasteiger partial charge in [0.15, 0.2) is 5.13 Å². The van der Waals surface area contributed by atoms with Gasteiger partial charge in [-0.1, -0.05) is 23.5 Å². The maximum absolute atomic E-state index is 5.28. The second kappa shape index (κ2) is 6.14. The number of fused-ring (bicyclic) bond motifs is 5. The number of hydrogen-bond acceptors (Lipinski definition) is 5. The van der Waals surface area contributed by atoms with Crippen molar-refractivity contribution in [3.63, 3.8) is 0 Å². The molecular formula is C17H23N3OS. The summed E-state index contributed by atoms with van der Waals surface area (Å²) in [6, 6.07) is 9.12. The van der Waals surface area contributed by atoms with Gasteiger partial charge in [-0.3, -0.25) is 4.90 Å². The molecule has 22 heavy (non-hydrogen) atoms. The highest BCUT2D eigenvalue weighted by molar-refractivity contribution is 7.22. The minimum Gasteiger partial charge on any atom is -0.383 e. The van der Waals surface area contributed by atoms with Crippen molar-refractivity contribution >= 4 is 26.7 Å². The van der Waals surface area contributed by atoms with Crippen molar-refractivity contribution < 1.29 is 4.74 Å². The Kier molecular flexibility index (Phi) is 4.03. The molecule has 118 valence electrons. The van der Waals surface area contributed by atoms with Gasteiger partial charge >= 0.3 is 0 Å². The predicted octanol–water partition coefficient (Wildman–Crippen LogP) is 2.84. The lowest BCUT2D eigenvalue weighted by atomic mass is 9.95. The first-order valence-corrected chi connectivity index (χ1v) is 8.98. The average Bonchev–Trinajstić information content (AvgIpc) is 2.77. The van der Waals surface area contributed by atoms with E-state index in [-0.39, 0.29) is 0 Å². The minimum absolute atomic E-state index is 0.654. The first-order valence-electron chi connectivity index (χ1n) is 8.17. The van der Waals surface area contributed by atoms with Crippen molar-refractivity contribution in [1.29, 1.82) is 0 Å². The number of benzene rings is 1. The fraction of sp³-hybridized carbons (Fsp3) is 0.588. The second-order valence-corrected chi connectivity index (χ2v) is 7.46. The van der Waals surface area contributed by atoms with Crippen LogP contribution < -0.4 is 4.90 Å². The zero-order valence-electron chi connectivity index (χ0n) is 13.1. The van der Waals surface area contributed by atoms with Crippen LogP contribution in [0, 0.1) is 5.92 Å². The molecule has 3 saturated heterocycles. The Bertz CT molecular complexity index is 611. The summed E-state index contributed by atoms with van der Waals surface area (Å²) in [5.41, 5.74) is 1.13. The second-order valence-electron chi connectivity index (χ2n) is 6.45. The minimum atomic E-state index is 0.654. The standard InChI is InChI=1S/C17H23N3OS/c1-21-9-8-19-10-13-6-7-14(19)12-20(11-13)17-18-15-4-2-3-5-16(15)22-17/h2-5,13-14H,6-12H2,1H3/t13-,14-/m1/s1. The Hall–Kier alpha value is -1.17. The lowest BCUT2D eigenvalue weighted by Gasteiger charge is -2.35. The normalized spacial score (nSPS) is 25.8. The lowest BCUT2D eigenvalue weighted by molar-refractivity contribution is 0.0889. The van der Waals surface area contributed by atoms with Crippen LogP contribution in [0.2, 0.25) is 0 Å². The van der Waals surface area contributed by atoms with Gasteiger partial charge in [-0.15, -0.1) is 0 Å². The van der Waals surface area contributed by atoms with E-state index in [4.69, 9.17) is 9.72 Å². The number of piperidine rings is 1. The molecule has 3 aliphatic rings. The molecule has 2 atom stereocenters. The molecule has 1 aromatic carbocycles. The Morgan fingerprint density at radius 1 is 1.23 bits per heavy atom. The number of nitrogens with zero attached hydrogens (tertiary/aromatic N) is 3. The summed E-state index contributed by atoms with van der Waals surface area (Å²) in [6.45, 7) is 5.38. The molecule has 2 aromatic rings. The average molecular weight is 317 g/mol. The summed E-state index contributed by atoms with van der Waals surface area (Å²) in [4.78, 5) is 10.0. The Balaban J connectivity index is 1.56. The number of para-hydroxylation sites is 1. The van der Waals surface area contributed by atoms with Crippen LogP contribution in [0.3, 0.4) is 0 Å². The van der Waals surface area contributed by atoms with Crippen LogP contribution in [-0.4, -0.2) is 55.8 Å². The Morgan fingerprint density at radius 2 is 2.14 bits per heavy atom. The van der Waals surface area contributed by atoms with E-state index < -0.39 is 0 Å². The molecule has 0 radical (unpaired) electrons. The topological polar surface area (TPSA) is 28.6 Å². The van der Waals surface area contributed by atoms with Crippen LogP contribution >= 0.6 is 11.3 Å². The van der Waals surface area contributed by atoms with Crippen molar-refractivity contribution in [2.75, 3.05) is 44.8 Å². The first-order chi connectivity index (χ1) is 10.8. The molecule has 2 bridgehead atoms. The van der Waals surface area contributed by atoms with E-state index in [2.05, 4.69) is 34.1 Å². The highest BCUT2D eigenvalue weighted by atomic mass is 32.1. The van der Waals surface area contributed by atoms with Crippen LogP contribution in [-0.2, 0) is 4.74 Å². The zero-order chi connectivity index (χ0) is 14.9. The summed E-state index contributed by atoms with van der Waals surface area (Å²) >= 11 is 1.84. The van der Waals surface area contributed by atoms with Gasteiger partial charge in [0.1, 0.15) is 0 Å². The summed E-state index contributed by atoms with van der Waals surface area (Å²) in [6.07, 6.45) is 2.67. The van der Waals surface area contributed by atoms with Crippen molar-refractivity contribution in [3.05, 3.63) is 24.3 Å². The quantitative estimate of drug-likeness (QED) is 0.867. The molecule has 0 saturated carbocycles. The summed E-state index contributed by atoms with van der Waals surface area (Å²) in [5, 5.41) is 1.20. The largest absolute Gasteiger partial charge is 0.383 e. The third kappa shape index (κ3) is 2.73. The van der Waals surface area contributed by atoms with Crippen LogP contribution in [0.5, 0.6) is 0 Å².